The Morgan fingerprint density at radius 2 is 1.95 bits per heavy atom. The Bertz CT molecular complexity index is 1260. The van der Waals surface area contributed by atoms with E-state index < -0.39 is 11.9 Å². The molecule has 0 bridgehead atoms. The molecule has 0 spiro atoms. The molecule has 10 nitrogen and oxygen atoms in total. The molecule has 39 heavy (non-hydrogen) atoms. The molecule has 1 aromatic carbocycles. The number of nitrogens with zero attached hydrogens (tertiary/aromatic N) is 3. The number of anilines is 2. The molecule has 1 aromatic heterocycles. The Balaban J connectivity index is 0.00000420. The summed E-state index contributed by atoms with van der Waals surface area (Å²) in [6.07, 6.45) is 2.39. The summed E-state index contributed by atoms with van der Waals surface area (Å²) < 4.78 is 0. The third-order valence-electron chi connectivity index (χ3n) is 6.85. The molecule has 212 valence electrons. The van der Waals surface area contributed by atoms with Gasteiger partial charge in [0.05, 0.1) is 22.4 Å². The number of aromatic nitrogens is 1. The highest BCUT2D eigenvalue weighted by Gasteiger charge is 2.37. The number of thiazole rings is 1. The number of carbonyl (C=O) groups excluding carboxylic acids is 3. The van der Waals surface area contributed by atoms with Crippen LogP contribution in [0.15, 0.2) is 18.2 Å². The molecule has 1 saturated carbocycles. The standard InChI is InChI=1S/C25H32ClN7O3S2.ClH/c1-32(2)25(36)13-4-7-17(30-23(37)21(34)28-14-5-6-15(26)16(27)11-14)19(10-13)29-22(35)24-31-18-8-9-33(3)12-20(18)38-24;/h5-6,11,13,17,19H,4,7-10,12,27H2,1-3H3,(H,28,34)(H,29,35)(H,30,37);1H/t13-,17-,19+;/m0./s1. The molecular weight excluding hydrogens is 581 g/mol. The molecule has 1 aliphatic carbocycles. The summed E-state index contributed by atoms with van der Waals surface area (Å²) in [6.45, 7) is 1.68. The zero-order chi connectivity index (χ0) is 27.6. The number of thiocarbonyl (C=S) groups is 1. The van der Waals surface area contributed by atoms with Crippen molar-refractivity contribution >= 4 is 81.6 Å². The fourth-order valence-corrected chi connectivity index (χ4v) is 6.20. The Labute approximate surface area is 248 Å². The maximum Gasteiger partial charge on any atom is 0.283 e. The highest BCUT2D eigenvalue weighted by Crippen LogP contribution is 2.29. The Kier molecular flexibility index (Phi) is 10.5. The third-order valence-corrected chi connectivity index (χ3v) is 8.58. The van der Waals surface area contributed by atoms with Crippen LogP contribution in [0.25, 0.3) is 0 Å². The number of carbonyl (C=O) groups is 3. The highest BCUT2D eigenvalue weighted by atomic mass is 35.5. The van der Waals surface area contributed by atoms with Gasteiger partial charge in [0.1, 0.15) is 0 Å². The van der Waals surface area contributed by atoms with Crippen molar-refractivity contribution in [1.29, 1.82) is 0 Å². The maximum absolute atomic E-state index is 13.3. The van der Waals surface area contributed by atoms with Gasteiger partial charge >= 0.3 is 0 Å². The van der Waals surface area contributed by atoms with Gasteiger partial charge in [-0.2, -0.15) is 0 Å². The van der Waals surface area contributed by atoms with Crippen molar-refractivity contribution in [3.8, 4) is 0 Å². The minimum absolute atomic E-state index is 0. The molecule has 2 aliphatic rings. The van der Waals surface area contributed by atoms with Crippen molar-refractivity contribution in [2.75, 3.05) is 38.7 Å². The number of hydrogen-bond donors (Lipinski definition) is 4. The van der Waals surface area contributed by atoms with Crippen LogP contribution in [0.1, 0.15) is 39.6 Å². The van der Waals surface area contributed by atoms with Crippen molar-refractivity contribution < 1.29 is 14.4 Å². The molecule has 2 aromatic rings. The molecule has 3 atom stereocenters. The van der Waals surface area contributed by atoms with Crippen molar-refractivity contribution in [2.45, 2.75) is 44.3 Å². The largest absolute Gasteiger partial charge is 0.397 e. The average molecular weight is 615 g/mol. The molecular formula is C25H33Cl2N7O3S2. The van der Waals surface area contributed by atoms with Crippen LogP contribution in [0.3, 0.4) is 0 Å². The first kappa shape index (κ1) is 31.0. The Morgan fingerprint density at radius 3 is 2.64 bits per heavy atom. The smallest absolute Gasteiger partial charge is 0.283 e. The van der Waals surface area contributed by atoms with E-state index in [1.807, 2.05) is 7.05 Å². The number of nitrogens with two attached hydrogens (primary N) is 1. The summed E-state index contributed by atoms with van der Waals surface area (Å²) >= 11 is 12.7. The molecule has 5 N–H and O–H groups in total. The van der Waals surface area contributed by atoms with E-state index in [-0.39, 0.29) is 41.2 Å². The first-order valence-corrected chi connectivity index (χ1v) is 14.0. The molecule has 1 aliphatic heterocycles. The fourth-order valence-electron chi connectivity index (χ4n) is 4.79. The first-order chi connectivity index (χ1) is 18.0. The van der Waals surface area contributed by atoms with Crippen molar-refractivity contribution in [3.05, 3.63) is 38.8 Å². The number of nitrogen functional groups attached to an aromatic ring is 1. The second kappa shape index (κ2) is 13.2. The van der Waals surface area contributed by atoms with E-state index in [1.54, 1.807) is 37.2 Å². The zero-order valence-corrected chi connectivity index (χ0v) is 25.2. The molecule has 14 heteroatoms. The second-order valence-electron chi connectivity index (χ2n) is 9.97. The normalized spacial score (nSPS) is 20.7. The van der Waals surface area contributed by atoms with E-state index in [0.29, 0.717) is 40.7 Å². The molecule has 0 saturated heterocycles. The molecule has 2 heterocycles. The predicted octanol–water partition coefficient (Wildman–Crippen LogP) is 2.70. The van der Waals surface area contributed by atoms with Crippen LogP contribution in [-0.4, -0.2) is 77.3 Å². The summed E-state index contributed by atoms with van der Waals surface area (Å²) in [4.78, 5) is 48.2. The summed E-state index contributed by atoms with van der Waals surface area (Å²) in [6, 6.07) is 4.01. The summed E-state index contributed by atoms with van der Waals surface area (Å²) in [5.41, 5.74) is 7.59. The van der Waals surface area contributed by atoms with Gasteiger partial charge in [0.2, 0.25) is 5.91 Å². The van der Waals surface area contributed by atoms with E-state index in [0.717, 1.165) is 30.1 Å². The van der Waals surface area contributed by atoms with E-state index in [2.05, 4.69) is 25.8 Å². The summed E-state index contributed by atoms with van der Waals surface area (Å²) in [5.74, 6) is -1.02. The molecule has 0 unspecified atom stereocenters. The van der Waals surface area contributed by atoms with Crippen LogP contribution in [-0.2, 0) is 22.6 Å². The molecule has 3 amide bonds. The first-order valence-electron chi connectivity index (χ1n) is 12.4. The predicted molar refractivity (Wildman–Crippen MR) is 161 cm³/mol. The van der Waals surface area contributed by atoms with Crippen molar-refractivity contribution in [2.24, 2.45) is 5.92 Å². The maximum atomic E-state index is 13.3. The molecule has 1 fully saturated rings. The van der Waals surface area contributed by atoms with Gasteiger partial charge in [-0.05, 0) is 44.5 Å². The van der Waals surface area contributed by atoms with E-state index >= 15 is 0 Å². The quantitative estimate of drug-likeness (QED) is 0.299. The fraction of sp³-hybridized carbons (Fsp3) is 0.480. The Morgan fingerprint density at radius 1 is 1.21 bits per heavy atom. The van der Waals surface area contributed by atoms with Gasteiger partial charge in [-0.1, -0.05) is 23.8 Å². The number of fused-ring (bicyclic) bond motifs is 1. The average Bonchev–Trinajstić information content (AvgIpc) is 3.30. The number of benzene rings is 1. The van der Waals surface area contributed by atoms with Crippen molar-refractivity contribution in [3.63, 3.8) is 0 Å². The minimum Gasteiger partial charge on any atom is -0.397 e. The van der Waals surface area contributed by atoms with Gasteiger partial charge in [0.15, 0.2) is 10.00 Å². The zero-order valence-electron chi connectivity index (χ0n) is 22.0. The highest BCUT2D eigenvalue weighted by molar-refractivity contribution is 7.82. The van der Waals surface area contributed by atoms with E-state index in [9.17, 15) is 14.4 Å². The SMILES string of the molecule is CN1CCc2nc(C(=O)N[C@@H]3C[C@@H](C(=O)N(C)C)CC[C@@H]3NC(=S)C(=O)Nc3ccc(Cl)c(N)c3)sc2C1.Cl. The van der Waals surface area contributed by atoms with Gasteiger partial charge in [0, 0.05) is 56.1 Å². The minimum atomic E-state index is -0.505. The van der Waals surface area contributed by atoms with Crippen LogP contribution in [0.5, 0.6) is 0 Å². The van der Waals surface area contributed by atoms with E-state index in [4.69, 9.17) is 29.6 Å². The molecule has 0 radical (unpaired) electrons. The summed E-state index contributed by atoms with van der Waals surface area (Å²) in [7, 11) is 5.49. The third kappa shape index (κ3) is 7.57. The summed E-state index contributed by atoms with van der Waals surface area (Å²) in [5, 5.41) is 9.70. The molecule has 4 rings (SSSR count). The number of hydrogen-bond acceptors (Lipinski definition) is 8. The number of amides is 3. The number of halogens is 2. The Hall–Kier alpha value is -2.51. The lowest BCUT2D eigenvalue weighted by Gasteiger charge is -2.37. The lowest BCUT2D eigenvalue weighted by atomic mass is 9.81. The second-order valence-corrected chi connectivity index (χ2v) is 11.9. The van der Waals surface area contributed by atoms with Crippen LogP contribution in [0.4, 0.5) is 11.4 Å². The van der Waals surface area contributed by atoms with Crippen LogP contribution in [0, 0.1) is 5.92 Å². The van der Waals surface area contributed by atoms with Gasteiger partial charge in [-0.25, -0.2) is 4.98 Å². The van der Waals surface area contributed by atoms with Crippen molar-refractivity contribution in [1.82, 2.24) is 25.4 Å². The topological polar surface area (TPSA) is 133 Å². The number of likely N-dealkylation sites (N-methyl/N-ethyl adjacent to an activating group) is 1. The van der Waals surface area contributed by atoms with Gasteiger partial charge in [0.25, 0.3) is 11.8 Å². The lowest BCUT2D eigenvalue weighted by Crippen LogP contribution is -2.56. The van der Waals surface area contributed by atoms with E-state index in [1.165, 1.54) is 11.3 Å². The lowest BCUT2D eigenvalue weighted by molar-refractivity contribution is -0.134. The number of rotatable bonds is 5. The van der Waals surface area contributed by atoms with Crippen LogP contribution >= 0.6 is 47.6 Å². The van der Waals surface area contributed by atoms with Crippen LogP contribution in [0.2, 0.25) is 5.02 Å². The monoisotopic (exact) mass is 613 g/mol. The van der Waals surface area contributed by atoms with Gasteiger partial charge in [-0.3, -0.25) is 14.4 Å². The number of nitrogens with one attached hydrogen (secondary N) is 3. The van der Waals surface area contributed by atoms with Gasteiger partial charge in [-0.15, -0.1) is 23.7 Å². The van der Waals surface area contributed by atoms with Crippen LogP contribution < -0.4 is 21.7 Å². The van der Waals surface area contributed by atoms with Gasteiger partial charge < -0.3 is 31.5 Å².